The van der Waals surface area contributed by atoms with Crippen LogP contribution in [-0.2, 0) is 16.1 Å². The van der Waals surface area contributed by atoms with Crippen molar-refractivity contribution in [2.75, 3.05) is 0 Å². The molecular formula is C21H23NO2. The standard InChI is InChI=1S/C21H23NO2/c23-21(24-15-16-7-3-1-4-8-16)20(17-9-5-2-6-10-17)22-18-11-12-19(22)14-13-18/h1-10,18-20H,11-15H2. The molecule has 24 heavy (non-hydrogen) atoms. The van der Waals surface area contributed by atoms with Gasteiger partial charge in [-0.25, -0.2) is 4.79 Å². The van der Waals surface area contributed by atoms with Crippen molar-refractivity contribution in [2.24, 2.45) is 0 Å². The van der Waals surface area contributed by atoms with Crippen molar-refractivity contribution in [2.45, 2.75) is 50.4 Å². The topological polar surface area (TPSA) is 29.5 Å². The zero-order valence-electron chi connectivity index (χ0n) is 13.8. The third-order valence-corrected chi connectivity index (χ3v) is 5.37. The fourth-order valence-corrected chi connectivity index (χ4v) is 4.25. The molecule has 0 amide bonds. The largest absolute Gasteiger partial charge is 0.459 e. The van der Waals surface area contributed by atoms with E-state index in [2.05, 4.69) is 4.90 Å². The van der Waals surface area contributed by atoms with Gasteiger partial charge in [-0.05, 0) is 36.8 Å². The number of carbonyl (C=O) groups excluding carboxylic acids is 1. The summed E-state index contributed by atoms with van der Waals surface area (Å²) in [4.78, 5) is 15.4. The number of benzene rings is 2. The molecule has 0 aliphatic carbocycles. The summed E-state index contributed by atoms with van der Waals surface area (Å²) >= 11 is 0. The molecule has 0 aromatic heterocycles. The number of esters is 1. The first kappa shape index (κ1) is 15.4. The highest BCUT2D eigenvalue weighted by Crippen LogP contribution is 2.43. The maximum Gasteiger partial charge on any atom is 0.328 e. The van der Waals surface area contributed by atoms with Gasteiger partial charge in [-0.2, -0.15) is 0 Å². The molecule has 0 spiro atoms. The van der Waals surface area contributed by atoms with E-state index in [9.17, 15) is 4.79 Å². The van der Waals surface area contributed by atoms with E-state index < -0.39 is 0 Å². The first-order valence-corrected chi connectivity index (χ1v) is 8.86. The number of nitrogens with zero attached hydrogens (tertiary/aromatic N) is 1. The second-order valence-corrected chi connectivity index (χ2v) is 6.82. The van der Waals surface area contributed by atoms with Crippen molar-refractivity contribution in [1.82, 2.24) is 4.90 Å². The maximum atomic E-state index is 13.0. The molecule has 1 atom stereocenters. The molecule has 0 N–H and O–H groups in total. The third kappa shape index (κ3) is 2.96. The van der Waals surface area contributed by atoms with Crippen LogP contribution >= 0.6 is 0 Å². The van der Waals surface area contributed by atoms with Crippen LogP contribution in [0.4, 0.5) is 0 Å². The summed E-state index contributed by atoms with van der Waals surface area (Å²) in [5.74, 6) is -0.121. The van der Waals surface area contributed by atoms with Crippen molar-refractivity contribution in [3.63, 3.8) is 0 Å². The summed E-state index contributed by atoms with van der Waals surface area (Å²) in [5.41, 5.74) is 2.08. The average Bonchev–Trinajstić information content (AvgIpc) is 3.22. The molecule has 4 rings (SSSR count). The van der Waals surface area contributed by atoms with Gasteiger partial charge < -0.3 is 4.74 Å². The molecule has 2 fully saturated rings. The third-order valence-electron chi connectivity index (χ3n) is 5.37. The fourth-order valence-electron chi connectivity index (χ4n) is 4.25. The van der Waals surface area contributed by atoms with Crippen molar-refractivity contribution in [3.05, 3.63) is 71.8 Å². The molecule has 2 aromatic rings. The highest BCUT2D eigenvalue weighted by molar-refractivity contribution is 5.78. The molecule has 3 nitrogen and oxygen atoms in total. The molecule has 3 heteroatoms. The molecule has 2 aliphatic heterocycles. The summed E-state index contributed by atoms with van der Waals surface area (Å²) in [6.45, 7) is 0.339. The summed E-state index contributed by atoms with van der Waals surface area (Å²) in [7, 11) is 0. The Labute approximate surface area is 143 Å². The molecule has 124 valence electrons. The second kappa shape index (κ2) is 6.78. The van der Waals surface area contributed by atoms with Gasteiger partial charge >= 0.3 is 5.97 Å². The first-order chi connectivity index (χ1) is 11.8. The maximum absolute atomic E-state index is 13.0. The van der Waals surface area contributed by atoms with Gasteiger partial charge in [-0.15, -0.1) is 0 Å². The van der Waals surface area contributed by atoms with Gasteiger partial charge in [0.25, 0.3) is 0 Å². The van der Waals surface area contributed by atoms with Crippen LogP contribution in [0.2, 0.25) is 0 Å². The normalized spacial score (nSPS) is 24.0. The molecule has 1 unspecified atom stereocenters. The molecular weight excluding hydrogens is 298 g/mol. The molecule has 0 saturated carbocycles. The lowest BCUT2D eigenvalue weighted by molar-refractivity contribution is -0.152. The Morgan fingerprint density at radius 3 is 2.04 bits per heavy atom. The van der Waals surface area contributed by atoms with Gasteiger partial charge in [0.2, 0.25) is 0 Å². The van der Waals surface area contributed by atoms with Gasteiger partial charge in [0.15, 0.2) is 0 Å². The minimum atomic E-state index is -0.269. The van der Waals surface area contributed by atoms with Crippen LogP contribution in [-0.4, -0.2) is 23.0 Å². The quantitative estimate of drug-likeness (QED) is 0.777. The number of ether oxygens (including phenoxy) is 1. The number of rotatable bonds is 5. The zero-order valence-corrected chi connectivity index (χ0v) is 13.8. The molecule has 0 radical (unpaired) electrons. The van der Waals surface area contributed by atoms with Crippen LogP contribution in [0.5, 0.6) is 0 Å². The van der Waals surface area contributed by atoms with Gasteiger partial charge in [-0.3, -0.25) is 4.90 Å². The summed E-state index contributed by atoms with van der Waals surface area (Å²) in [6.07, 6.45) is 4.83. The van der Waals surface area contributed by atoms with E-state index in [4.69, 9.17) is 4.74 Å². The van der Waals surface area contributed by atoms with Gasteiger partial charge in [0.1, 0.15) is 12.6 Å². The first-order valence-electron chi connectivity index (χ1n) is 8.86. The summed E-state index contributed by atoms with van der Waals surface area (Å²) < 4.78 is 5.70. The Bertz CT molecular complexity index is 665. The fraction of sp³-hybridized carbons (Fsp3) is 0.381. The second-order valence-electron chi connectivity index (χ2n) is 6.82. The highest BCUT2D eigenvalue weighted by atomic mass is 16.5. The van der Waals surface area contributed by atoms with Gasteiger partial charge in [-0.1, -0.05) is 60.7 Å². The summed E-state index contributed by atoms with van der Waals surface area (Å²) in [5, 5.41) is 0. The van der Waals surface area contributed by atoms with E-state index in [1.807, 2.05) is 60.7 Å². The van der Waals surface area contributed by atoms with Gasteiger partial charge in [0.05, 0.1) is 0 Å². The number of hydrogen-bond donors (Lipinski definition) is 0. The predicted molar refractivity (Wildman–Crippen MR) is 93.3 cm³/mol. The Morgan fingerprint density at radius 1 is 0.917 bits per heavy atom. The van der Waals surface area contributed by atoms with Crippen LogP contribution in [0.15, 0.2) is 60.7 Å². The Balaban J connectivity index is 1.55. The van der Waals surface area contributed by atoms with E-state index in [1.165, 1.54) is 25.7 Å². The Morgan fingerprint density at radius 2 is 1.46 bits per heavy atom. The van der Waals surface area contributed by atoms with Crippen LogP contribution < -0.4 is 0 Å². The monoisotopic (exact) mass is 321 g/mol. The van der Waals surface area contributed by atoms with Crippen LogP contribution in [0.25, 0.3) is 0 Å². The van der Waals surface area contributed by atoms with E-state index in [1.54, 1.807) is 0 Å². The molecule has 2 saturated heterocycles. The van der Waals surface area contributed by atoms with Crippen LogP contribution in [0.3, 0.4) is 0 Å². The highest BCUT2D eigenvalue weighted by Gasteiger charge is 2.46. The van der Waals surface area contributed by atoms with Crippen LogP contribution in [0, 0.1) is 0 Å². The Hall–Kier alpha value is -2.13. The van der Waals surface area contributed by atoms with Crippen molar-refractivity contribution in [3.8, 4) is 0 Å². The Kier molecular flexibility index (Phi) is 4.35. The zero-order chi connectivity index (χ0) is 16.4. The van der Waals surface area contributed by atoms with Crippen molar-refractivity contribution < 1.29 is 9.53 Å². The minimum absolute atomic E-state index is 0.121. The van der Waals surface area contributed by atoms with Gasteiger partial charge in [0, 0.05) is 12.1 Å². The lowest BCUT2D eigenvalue weighted by atomic mass is 10.0. The summed E-state index contributed by atoms with van der Waals surface area (Å²) in [6, 6.07) is 20.8. The molecule has 2 aliphatic rings. The molecule has 2 aromatic carbocycles. The number of carbonyl (C=O) groups is 1. The minimum Gasteiger partial charge on any atom is -0.459 e. The molecule has 2 heterocycles. The number of hydrogen-bond acceptors (Lipinski definition) is 3. The van der Waals surface area contributed by atoms with E-state index in [0.29, 0.717) is 18.7 Å². The lowest BCUT2D eigenvalue weighted by Crippen LogP contribution is -2.38. The van der Waals surface area contributed by atoms with E-state index in [0.717, 1.165) is 11.1 Å². The van der Waals surface area contributed by atoms with E-state index >= 15 is 0 Å². The van der Waals surface area contributed by atoms with Crippen LogP contribution in [0.1, 0.15) is 42.9 Å². The van der Waals surface area contributed by atoms with Crippen molar-refractivity contribution in [1.29, 1.82) is 0 Å². The average molecular weight is 321 g/mol. The van der Waals surface area contributed by atoms with Crippen molar-refractivity contribution >= 4 is 5.97 Å². The predicted octanol–water partition coefficient (Wildman–Crippen LogP) is 4.10. The number of fused-ring (bicyclic) bond motifs is 2. The SMILES string of the molecule is O=C(OCc1ccccc1)C(c1ccccc1)N1C2CCC1CC2. The van der Waals surface area contributed by atoms with E-state index in [-0.39, 0.29) is 12.0 Å². The lowest BCUT2D eigenvalue weighted by Gasteiger charge is -2.30. The molecule has 2 bridgehead atoms. The smallest absolute Gasteiger partial charge is 0.328 e.